The molecule has 0 aromatic carbocycles. The lowest BCUT2D eigenvalue weighted by Gasteiger charge is -2.32. The fourth-order valence-electron chi connectivity index (χ4n) is 3.83. The van der Waals surface area contributed by atoms with E-state index in [0.717, 1.165) is 37.6 Å². The highest BCUT2D eigenvalue weighted by Gasteiger charge is 2.34. The van der Waals surface area contributed by atoms with Crippen LogP contribution in [0.5, 0.6) is 5.88 Å². The predicted molar refractivity (Wildman–Crippen MR) is 87.9 cm³/mol. The van der Waals surface area contributed by atoms with Crippen molar-refractivity contribution in [3.05, 3.63) is 18.6 Å². The van der Waals surface area contributed by atoms with Crippen molar-refractivity contribution in [3.63, 3.8) is 0 Å². The van der Waals surface area contributed by atoms with Crippen molar-refractivity contribution < 1.29 is 9.53 Å². The zero-order chi connectivity index (χ0) is 16.2. The maximum absolute atomic E-state index is 12.7. The molecule has 1 atom stereocenters. The van der Waals surface area contributed by atoms with Gasteiger partial charge in [0.05, 0.1) is 12.7 Å². The Bertz CT molecular complexity index is 512. The number of carbonyl (C=O) groups is 1. The van der Waals surface area contributed by atoms with Gasteiger partial charge in [-0.25, -0.2) is 4.98 Å². The third kappa shape index (κ3) is 4.01. The first-order valence-corrected chi connectivity index (χ1v) is 8.85. The fourth-order valence-corrected chi connectivity index (χ4v) is 3.83. The zero-order valence-electron chi connectivity index (χ0n) is 14.1. The third-order valence-corrected chi connectivity index (χ3v) is 5.35. The highest BCUT2D eigenvalue weighted by atomic mass is 16.5. The molecule has 0 bridgehead atoms. The number of carbonyl (C=O) groups excluding carboxylic acids is 1. The molecule has 0 radical (unpaired) electrons. The number of amides is 1. The lowest BCUT2D eigenvalue weighted by Crippen LogP contribution is -2.37. The Morgan fingerprint density at radius 2 is 2.00 bits per heavy atom. The van der Waals surface area contributed by atoms with Crippen LogP contribution in [0.3, 0.4) is 0 Å². The number of hydrogen-bond acceptors (Lipinski definition) is 4. The van der Waals surface area contributed by atoms with Crippen LogP contribution < -0.4 is 4.74 Å². The molecule has 2 heterocycles. The number of ether oxygens (including phenoxy) is 1. The van der Waals surface area contributed by atoms with E-state index < -0.39 is 0 Å². The van der Waals surface area contributed by atoms with E-state index in [1.54, 1.807) is 18.6 Å². The predicted octanol–water partition coefficient (Wildman–Crippen LogP) is 2.92. The Labute approximate surface area is 138 Å². The standard InChI is InChI=1S/C18H27N3O2/c1-13(2)14-3-5-15(6-4-14)18(22)21-10-7-16(12-21)23-17-11-19-8-9-20-17/h8-9,11,13-16H,3-7,10,12H2,1-2H3. The third-order valence-electron chi connectivity index (χ3n) is 5.35. The lowest BCUT2D eigenvalue weighted by atomic mass is 9.76. The van der Waals surface area contributed by atoms with Gasteiger partial charge in [0.15, 0.2) is 0 Å². The van der Waals surface area contributed by atoms with E-state index in [1.165, 1.54) is 12.8 Å². The first-order valence-electron chi connectivity index (χ1n) is 8.85. The molecule has 5 nitrogen and oxygen atoms in total. The normalized spacial score (nSPS) is 28.1. The number of likely N-dealkylation sites (tertiary alicyclic amines) is 1. The highest BCUT2D eigenvalue weighted by Crippen LogP contribution is 2.34. The minimum Gasteiger partial charge on any atom is -0.471 e. The molecular formula is C18H27N3O2. The van der Waals surface area contributed by atoms with Gasteiger partial charge >= 0.3 is 0 Å². The molecule has 5 heteroatoms. The van der Waals surface area contributed by atoms with Crippen molar-refractivity contribution in [2.45, 2.75) is 52.1 Å². The van der Waals surface area contributed by atoms with Crippen LogP contribution in [-0.2, 0) is 4.79 Å². The second-order valence-electron chi connectivity index (χ2n) is 7.21. The fraction of sp³-hybridized carbons (Fsp3) is 0.722. The second kappa shape index (κ2) is 7.28. The van der Waals surface area contributed by atoms with Gasteiger partial charge in [-0.15, -0.1) is 0 Å². The Hall–Kier alpha value is -1.65. The number of rotatable bonds is 4. The smallest absolute Gasteiger partial charge is 0.232 e. The van der Waals surface area contributed by atoms with Gasteiger partial charge in [-0.3, -0.25) is 9.78 Å². The van der Waals surface area contributed by atoms with Crippen LogP contribution in [0.25, 0.3) is 0 Å². The van der Waals surface area contributed by atoms with Gasteiger partial charge in [0.2, 0.25) is 11.8 Å². The summed E-state index contributed by atoms with van der Waals surface area (Å²) in [5.74, 6) is 2.63. The van der Waals surface area contributed by atoms with Gasteiger partial charge in [0, 0.05) is 31.3 Å². The van der Waals surface area contributed by atoms with Crippen molar-refractivity contribution >= 4 is 5.91 Å². The maximum Gasteiger partial charge on any atom is 0.232 e. The molecule has 0 spiro atoms. The molecule has 126 valence electrons. The molecule has 0 N–H and O–H groups in total. The molecule has 2 fully saturated rings. The van der Waals surface area contributed by atoms with E-state index in [9.17, 15) is 4.79 Å². The van der Waals surface area contributed by atoms with Gasteiger partial charge in [-0.2, -0.15) is 0 Å². The van der Waals surface area contributed by atoms with Gasteiger partial charge in [0.1, 0.15) is 6.10 Å². The van der Waals surface area contributed by atoms with Crippen LogP contribution in [0.1, 0.15) is 46.0 Å². The molecule has 3 rings (SSSR count). The summed E-state index contributed by atoms with van der Waals surface area (Å²) in [6, 6.07) is 0. The molecule has 1 unspecified atom stereocenters. The van der Waals surface area contributed by atoms with E-state index in [4.69, 9.17) is 4.74 Å². The summed E-state index contributed by atoms with van der Waals surface area (Å²) in [6.07, 6.45) is 10.3. The van der Waals surface area contributed by atoms with Crippen LogP contribution in [0, 0.1) is 17.8 Å². The quantitative estimate of drug-likeness (QED) is 0.857. The molecule has 1 saturated heterocycles. The highest BCUT2D eigenvalue weighted by molar-refractivity contribution is 5.79. The van der Waals surface area contributed by atoms with Crippen LogP contribution >= 0.6 is 0 Å². The monoisotopic (exact) mass is 317 g/mol. The van der Waals surface area contributed by atoms with Crippen molar-refractivity contribution in [2.75, 3.05) is 13.1 Å². The first kappa shape index (κ1) is 16.2. The Balaban J connectivity index is 1.48. The zero-order valence-corrected chi connectivity index (χ0v) is 14.1. The molecular weight excluding hydrogens is 290 g/mol. The molecule has 1 aromatic rings. The van der Waals surface area contributed by atoms with E-state index in [1.807, 2.05) is 4.90 Å². The van der Waals surface area contributed by atoms with E-state index in [2.05, 4.69) is 23.8 Å². The summed E-state index contributed by atoms with van der Waals surface area (Å²) in [5, 5.41) is 0. The molecule has 1 aliphatic heterocycles. The van der Waals surface area contributed by atoms with Gasteiger partial charge < -0.3 is 9.64 Å². The Kier molecular flexibility index (Phi) is 5.13. The summed E-state index contributed by atoms with van der Waals surface area (Å²) in [7, 11) is 0. The topological polar surface area (TPSA) is 55.3 Å². The van der Waals surface area contributed by atoms with Crippen LogP contribution in [0.15, 0.2) is 18.6 Å². The minimum absolute atomic E-state index is 0.0441. The average Bonchev–Trinajstić information content (AvgIpc) is 3.03. The molecule has 1 aromatic heterocycles. The molecule has 1 amide bonds. The number of aromatic nitrogens is 2. The molecule has 23 heavy (non-hydrogen) atoms. The summed E-state index contributed by atoms with van der Waals surface area (Å²) in [5.41, 5.74) is 0. The average molecular weight is 317 g/mol. The summed E-state index contributed by atoms with van der Waals surface area (Å²) < 4.78 is 5.82. The van der Waals surface area contributed by atoms with Gasteiger partial charge in [-0.1, -0.05) is 13.8 Å². The number of hydrogen-bond donors (Lipinski definition) is 0. The summed E-state index contributed by atoms with van der Waals surface area (Å²) >= 11 is 0. The largest absolute Gasteiger partial charge is 0.471 e. The van der Waals surface area contributed by atoms with Crippen molar-refractivity contribution in [1.29, 1.82) is 0 Å². The SMILES string of the molecule is CC(C)C1CCC(C(=O)N2CCC(Oc3cnccn3)C2)CC1. The number of nitrogens with zero attached hydrogens (tertiary/aromatic N) is 3. The second-order valence-corrected chi connectivity index (χ2v) is 7.21. The molecule has 1 aliphatic carbocycles. The molecule has 2 aliphatic rings. The van der Waals surface area contributed by atoms with Gasteiger partial charge in [-0.05, 0) is 37.5 Å². The van der Waals surface area contributed by atoms with Crippen LogP contribution in [0.2, 0.25) is 0 Å². The van der Waals surface area contributed by atoms with Crippen LogP contribution in [-0.4, -0.2) is 40.0 Å². The van der Waals surface area contributed by atoms with Gasteiger partial charge in [0.25, 0.3) is 0 Å². The maximum atomic E-state index is 12.7. The minimum atomic E-state index is 0.0441. The Morgan fingerprint density at radius 3 is 2.65 bits per heavy atom. The molecule has 1 saturated carbocycles. The van der Waals surface area contributed by atoms with E-state index in [-0.39, 0.29) is 12.0 Å². The summed E-state index contributed by atoms with van der Waals surface area (Å²) in [4.78, 5) is 22.9. The van der Waals surface area contributed by atoms with E-state index >= 15 is 0 Å². The van der Waals surface area contributed by atoms with Crippen molar-refractivity contribution in [3.8, 4) is 5.88 Å². The van der Waals surface area contributed by atoms with E-state index in [0.29, 0.717) is 18.3 Å². The Morgan fingerprint density at radius 1 is 1.22 bits per heavy atom. The van der Waals surface area contributed by atoms with Crippen molar-refractivity contribution in [2.24, 2.45) is 17.8 Å². The van der Waals surface area contributed by atoms with Crippen LogP contribution in [0.4, 0.5) is 0 Å². The van der Waals surface area contributed by atoms with Crippen molar-refractivity contribution in [1.82, 2.24) is 14.9 Å². The lowest BCUT2D eigenvalue weighted by molar-refractivity contribution is -0.136. The summed E-state index contributed by atoms with van der Waals surface area (Å²) in [6.45, 7) is 6.07. The first-order chi connectivity index (χ1) is 11.1.